The van der Waals surface area contributed by atoms with Gasteiger partial charge in [-0.05, 0) is 11.6 Å². The second-order valence-corrected chi connectivity index (χ2v) is 5.37. The molecule has 0 fully saturated rings. The molecule has 0 aromatic carbocycles. The number of hydrogen-bond donors (Lipinski definition) is 1. The van der Waals surface area contributed by atoms with Crippen LogP contribution < -0.4 is 0 Å². The maximum absolute atomic E-state index is 11.3. The van der Waals surface area contributed by atoms with Gasteiger partial charge in [0.25, 0.3) is 0 Å². The lowest BCUT2D eigenvalue weighted by molar-refractivity contribution is 0.0695. The van der Waals surface area contributed by atoms with Gasteiger partial charge in [-0.15, -0.1) is 0 Å². The van der Waals surface area contributed by atoms with Crippen LogP contribution >= 0.6 is 0 Å². The van der Waals surface area contributed by atoms with Crippen LogP contribution in [0.25, 0.3) is 0 Å². The van der Waals surface area contributed by atoms with Crippen LogP contribution in [0.3, 0.4) is 0 Å². The number of carboxylic acid groups (broad SMARTS) is 1. The second-order valence-electron chi connectivity index (χ2n) is 3.01. The smallest absolute Gasteiger partial charge is 0.337 e. The van der Waals surface area contributed by atoms with E-state index in [9.17, 15) is 13.2 Å². The lowest BCUT2D eigenvalue weighted by Gasteiger charge is -2.04. The second kappa shape index (κ2) is 4.39. The molecule has 0 spiro atoms. The third-order valence-corrected chi connectivity index (χ3v) is 3.59. The summed E-state index contributed by atoms with van der Waals surface area (Å²) in [6.45, 7) is 1.52. The monoisotopic (exact) mass is 229 g/mol. The summed E-state index contributed by atoms with van der Waals surface area (Å²) >= 11 is 0. The van der Waals surface area contributed by atoms with Crippen molar-refractivity contribution < 1.29 is 18.3 Å². The molecule has 0 aliphatic heterocycles. The molecular weight excluding hydrogens is 218 g/mol. The van der Waals surface area contributed by atoms with Gasteiger partial charge in [0.05, 0.1) is 11.3 Å². The summed E-state index contributed by atoms with van der Waals surface area (Å²) in [4.78, 5) is 14.4. The fourth-order valence-corrected chi connectivity index (χ4v) is 2.01. The molecule has 1 aromatic heterocycles. The molecule has 15 heavy (non-hydrogen) atoms. The van der Waals surface area contributed by atoms with Gasteiger partial charge in [-0.25, -0.2) is 13.2 Å². The lowest BCUT2D eigenvalue weighted by Crippen LogP contribution is -2.11. The van der Waals surface area contributed by atoms with Gasteiger partial charge in [0, 0.05) is 18.1 Å². The van der Waals surface area contributed by atoms with Crippen molar-refractivity contribution in [2.75, 3.05) is 5.75 Å². The Balaban J connectivity index is 3.10. The first-order valence-electron chi connectivity index (χ1n) is 4.33. The Kier molecular flexibility index (Phi) is 3.41. The van der Waals surface area contributed by atoms with E-state index < -0.39 is 15.8 Å². The highest BCUT2D eigenvalue weighted by molar-refractivity contribution is 7.90. The summed E-state index contributed by atoms with van der Waals surface area (Å²) in [6.07, 6.45) is 2.54. The van der Waals surface area contributed by atoms with Crippen LogP contribution in [0.1, 0.15) is 22.8 Å². The summed E-state index contributed by atoms with van der Waals surface area (Å²) in [5, 5.41) is 8.80. The van der Waals surface area contributed by atoms with Gasteiger partial charge < -0.3 is 5.11 Å². The van der Waals surface area contributed by atoms with E-state index in [2.05, 4.69) is 4.98 Å². The molecule has 0 unspecified atom stereocenters. The van der Waals surface area contributed by atoms with Crippen molar-refractivity contribution in [1.82, 2.24) is 4.98 Å². The van der Waals surface area contributed by atoms with Crippen LogP contribution in [0.2, 0.25) is 0 Å². The van der Waals surface area contributed by atoms with Crippen molar-refractivity contribution in [1.29, 1.82) is 0 Å². The SMILES string of the molecule is CCS(=O)(=O)Cc1ccncc1C(=O)O. The van der Waals surface area contributed by atoms with Crippen LogP contribution in [-0.4, -0.2) is 30.2 Å². The van der Waals surface area contributed by atoms with Gasteiger partial charge in [-0.1, -0.05) is 6.92 Å². The first-order chi connectivity index (χ1) is 6.96. The zero-order valence-electron chi connectivity index (χ0n) is 8.17. The molecule has 1 N–H and O–H groups in total. The first kappa shape index (κ1) is 11.6. The van der Waals surface area contributed by atoms with E-state index in [0.29, 0.717) is 0 Å². The standard InChI is InChI=1S/C9H11NO4S/c1-2-15(13,14)6-7-3-4-10-5-8(7)9(11)12/h3-5H,2,6H2,1H3,(H,11,12). The van der Waals surface area contributed by atoms with E-state index in [4.69, 9.17) is 5.11 Å². The fraction of sp³-hybridized carbons (Fsp3) is 0.333. The van der Waals surface area contributed by atoms with Crippen LogP contribution in [0, 0.1) is 0 Å². The highest BCUT2D eigenvalue weighted by Crippen LogP contribution is 2.11. The molecule has 5 nitrogen and oxygen atoms in total. The van der Waals surface area contributed by atoms with Crippen molar-refractivity contribution in [3.8, 4) is 0 Å². The van der Waals surface area contributed by atoms with E-state index in [1.807, 2.05) is 0 Å². The third kappa shape index (κ3) is 3.02. The van der Waals surface area contributed by atoms with E-state index in [0.717, 1.165) is 6.20 Å². The molecule has 82 valence electrons. The normalized spacial score (nSPS) is 11.3. The van der Waals surface area contributed by atoms with Gasteiger partial charge in [0.1, 0.15) is 0 Å². The molecule has 0 atom stereocenters. The molecule has 1 heterocycles. The number of aromatic carboxylic acids is 1. The maximum atomic E-state index is 11.3. The molecule has 0 saturated heterocycles. The number of carbonyl (C=O) groups is 1. The molecule has 6 heteroatoms. The number of nitrogens with zero attached hydrogens (tertiary/aromatic N) is 1. The summed E-state index contributed by atoms with van der Waals surface area (Å²) in [6, 6.07) is 1.41. The van der Waals surface area contributed by atoms with E-state index in [1.165, 1.54) is 19.2 Å². The van der Waals surface area contributed by atoms with Crippen molar-refractivity contribution in [3.63, 3.8) is 0 Å². The Hall–Kier alpha value is -1.43. The molecule has 0 bridgehead atoms. The average Bonchev–Trinajstić information content (AvgIpc) is 2.18. The summed E-state index contributed by atoms with van der Waals surface area (Å²) < 4.78 is 22.7. The predicted octanol–water partition coefficient (Wildman–Crippen LogP) is 0.715. The van der Waals surface area contributed by atoms with Crippen LogP contribution in [-0.2, 0) is 15.6 Å². The number of hydrogen-bond acceptors (Lipinski definition) is 4. The molecule has 0 aliphatic rings. The van der Waals surface area contributed by atoms with E-state index >= 15 is 0 Å². The summed E-state index contributed by atoms with van der Waals surface area (Å²) in [5.74, 6) is -1.42. The number of carboxylic acids is 1. The quantitative estimate of drug-likeness (QED) is 0.822. The first-order valence-corrected chi connectivity index (χ1v) is 6.15. The lowest BCUT2D eigenvalue weighted by atomic mass is 10.2. The van der Waals surface area contributed by atoms with Crippen LogP contribution in [0.4, 0.5) is 0 Å². The highest BCUT2D eigenvalue weighted by atomic mass is 32.2. The van der Waals surface area contributed by atoms with Crippen LogP contribution in [0.5, 0.6) is 0 Å². The molecule has 1 aromatic rings. The summed E-state index contributed by atoms with van der Waals surface area (Å²) in [5.41, 5.74) is 0.217. The van der Waals surface area contributed by atoms with E-state index in [1.54, 1.807) is 0 Å². The Morgan fingerprint density at radius 3 is 2.73 bits per heavy atom. The van der Waals surface area contributed by atoms with Crippen LogP contribution in [0.15, 0.2) is 18.5 Å². The maximum Gasteiger partial charge on any atom is 0.337 e. The largest absolute Gasteiger partial charge is 0.478 e. The van der Waals surface area contributed by atoms with Crippen molar-refractivity contribution in [2.24, 2.45) is 0 Å². The topological polar surface area (TPSA) is 84.3 Å². The molecular formula is C9H11NO4S. The molecule has 1 rings (SSSR count). The van der Waals surface area contributed by atoms with Gasteiger partial charge in [-0.3, -0.25) is 4.98 Å². The number of sulfone groups is 1. The molecule has 0 radical (unpaired) electrons. The van der Waals surface area contributed by atoms with Crippen molar-refractivity contribution in [3.05, 3.63) is 29.6 Å². The van der Waals surface area contributed by atoms with Gasteiger partial charge in [0.2, 0.25) is 0 Å². The van der Waals surface area contributed by atoms with Crippen molar-refractivity contribution >= 4 is 15.8 Å². The number of pyridine rings is 1. The Morgan fingerprint density at radius 1 is 1.53 bits per heavy atom. The minimum atomic E-state index is -3.22. The minimum absolute atomic E-state index is 0.00557. The Morgan fingerprint density at radius 2 is 2.20 bits per heavy atom. The minimum Gasteiger partial charge on any atom is -0.478 e. The Bertz CT molecular complexity index is 467. The molecule has 0 saturated carbocycles. The number of rotatable bonds is 4. The van der Waals surface area contributed by atoms with E-state index in [-0.39, 0.29) is 22.6 Å². The molecule has 0 amide bonds. The van der Waals surface area contributed by atoms with Gasteiger partial charge >= 0.3 is 5.97 Å². The van der Waals surface area contributed by atoms with Crippen molar-refractivity contribution in [2.45, 2.75) is 12.7 Å². The zero-order chi connectivity index (χ0) is 11.5. The fourth-order valence-electron chi connectivity index (χ4n) is 1.08. The van der Waals surface area contributed by atoms with Gasteiger partial charge in [0.15, 0.2) is 9.84 Å². The summed E-state index contributed by atoms with van der Waals surface area (Å²) in [7, 11) is -3.22. The average molecular weight is 229 g/mol. The Labute approximate surface area is 87.7 Å². The highest BCUT2D eigenvalue weighted by Gasteiger charge is 2.15. The zero-order valence-corrected chi connectivity index (χ0v) is 8.99. The van der Waals surface area contributed by atoms with Gasteiger partial charge in [-0.2, -0.15) is 0 Å². The number of aromatic nitrogens is 1. The molecule has 0 aliphatic carbocycles. The predicted molar refractivity (Wildman–Crippen MR) is 54.4 cm³/mol. The third-order valence-electron chi connectivity index (χ3n) is 1.96.